The van der Waals surface area contributed by atoms with E-state index in [9.17, 15) is 10.2 Å². The van der Waals surface area contributed by atoms with Crippen LogP contribution in [0.15, 0.2) is 16.8 Å². The third kappa shape index (κ3) is 1.64. The summed E-state index contributed by atoms with van der Waals surface area (Å²) in [6.07, 6.45) is 0.530. The van der Waals surface area contributed by atoms with Crippen LogP contribution >= 0.6 is 12.2 Å². The van der Waals surface area contributed by atoms with Crippen molar-refractivity contribution < 1.29 is 14.8 Å². The van der Waals surface area contributed by atoms with Gasteiger partial charge in [0.15, 0.2) is 5.05 Å². The monoisotopic (exact) mass is 252 g/mol. The second-order valence-electron chi connectivity index (χ2n) is 4.08. The summed E-state index contributed by atoms with van der Waals surface area (Å²) in [5.41, 5.74) is 0.544. The van der Waals surface area contributed by atoms with Crippen molar-refractivity contribution in [2.45, 2.75) is 25.7 Å². The maximum absolute atomic E-state index is 9.96. The number of aliphatic hydroxyl groups is 1. The van der Waals surface area contributed by atoms with Crippen LogP contribution in [-0.2, 0) is 5.41 Å². The number of nitrogens with zero attached hydrogens (tertiary/aromatic N) is 2. The predicted octanol–water partition coefficient (Wildman–Crippen LogP) is 2.48. The van der Waals surface area contributed by atoms with Gasteiger partial charge in [0.25, 0.3) is 0 Å². The summed E-state index contributed by atoms with van der Waals surface area (Å²) in [5, 5.41) is 26.9. The number of aromatic hydroxyl groups is 1. The number of hydrogen-bond donors (Lipinski definition) is 2. The first-order valence-electron chi connectivity index (χ1n) is 5.19. The molecular formula is C11H12N2O3S. The van der Waals surface area contributed by atoms with Crippen molar-refractivity contribution >= 4 is 28.3 Å². The van der Waals surface area contributed by atoms with E-state index in [-0.39, 0.29) is 10.8 Å². The van der Waals surface area contributed by atoms with E-state index in [0.717, 1.165) is 0 Å². The normalized spacial score (nSPS) is 14.7. The molecule has 1 unspecified atom stereocenters. The van der Waals surface area contributed by atoms with Gasteiger partial charge in [-0.1, -0.05) is 6.92 Å². The lowest BCUT2D eigenvalue weighted by Gasteiger charge is -2.26. The maximum atomic E-state index is 9.96. The Hall–Kier alpha value is -1.69. The highest BCUT2D eigenvalue weighted by Gasteiger charge is 2.35. The van der Waals surface area contributed by atoms with E-state index in [2.05, 4.69) is 14.9 Å². The number of hydrogen-bond acceptors (Lipinski definition) is 5. The Balaban J connectivity index is 2.80. The Labute approximate surface area is 103 Å². The van der Waals surface area contributed by atoms with Gasteiger partial charge in [-0.2, -0.15) is 0 Å². The summed E-state index contributed by atoms with van der Waals surface area (Å²) in [5.74, 6) is 0.0222. The van der Waals surface area contributed by atoms with Crippen molar-refractivity contribution in [1.82, 2.24) is 10.3 Å². The molecule has 90 valence electrons. The minimum atomic E-state index is -0.850. The fraction of sp³-hybridized carbons (Fsp3) is 0.364. The maximum Gasteiger partial charge on any atom is 0.167 e. The Morgan fingerprint density at radius 3 is 2.76 bits per heavy atom. The summed E-state index contributed by atoms with van der Waals surface area (Å²) >= 11 is 4.87. The Morgan fingerprint density at radius 1 is 1.47 bits per heavy atom. The first-order chi connectivity index (χ1) is 8.00. The summed E-state index contributed by atoms with van der Waals surface area (Å²) in [6.45, 7) is 3.62. The Bertz CT molecular complexity index is 581. The molecule has 0 radical (unpaired) electrons. The van der Waals surface area contributed by atoms with Crippen LogP contribution < -0.4 is 0 Å². The minimum Gasteiger partial charge on any atom is -0.508 e. The number of phenols is 1. The molecule has 2 aromatic rings. The van der Waals surface area contributed by atoms with E-state index in [4.69, 9.17) is 12.2 Å². The molecule has 5 nitrogen and oxygen atoms in total. The molecule has 1 heterocycles. The predicted molar refractivity (Wildman–Crippen MR) is 66.3 cm³/mol. The zero-order chi connectivity index (χ0) is 12.6. The van der Waals surface area contributed by atoms with Gasteiger partial charge in [0.2, 0.25) is 0 Å². The number of fused-ring (bicyclic) bond motifs is 1. The second-order valence-corrected chi connectivity index (χ2v) is 4.47. The van der Waals surface area contributed by atoms with Crippen LogP contribution in [-0.4, -0.2) is 25.6 Å². The highest BCUT2D eigenvalue weighted by atomic mass is 32.1. The highest BCUT2D eigenvalue weighted by molar-refractivity contribution is 7.80. The van der Waals surface area contributed by atoms with Gasteiger partial charge in [0, 0.05) is 5.56 Å². The van der Waals surface area contributed by atoms with Crippen LogP contribution in [0.2, 0.25) is 0 Å². The van der Waals surface area contributed by atoms with E-state index >= 15 is 0 Å². The van der Waals surface area contributed by atoms with Gasteiger partial charge in [0.05, 0.1) is 5.41 Å². The third-order valence-corrected chi connectivity index (χ3v) is 3.59. The van der Waals surface area contributed by atoms with Gasteiger partial charge in [-0.3, -0.25) is 0 Å². The fourth-order valence-corrected chi connectivity index (χ4v) is 2.07. The quantitative estimate of drug-likeness (QED) is 0.817. The van der Waals surface area contributed by atoms with Crippen LogP contribution in [0.5, 0.6) is 5.75 Å². The number of phenolic OH excluding ortho intramolecular Hbond substituents is 1. The summed E-state index contributed by atoms with van der Waals surface area (Å²) < 4.78 is 4.64. The average Bonchev–Trinajstić information content (AvgIpc) is 2.75. The van der Waals surface area contributed by atoms with Crippen LogP contribution in [0, 0.1) is 0 Å². The van der Waals surface area contributed by atoms with E-state index in [1.165, 1.54) is 6.07 Å². The molecule has 0 amide bonds. The standard InChI is InChI=1S/C11H12N2O3S/c1-3-11(2,10(15)17)8-7(14)5-4-6-9(8)13-16-12-6/h4-5,14H,3H2,1-2H3,(H,15,17). The molecule has 6 heteroatoms. The van der Waals surface area contributed by atoms with E-state index in [1.807, 2.05) is 6.92 Å². The molecule has 2 rings (SSSR count). The van der Waals surface area contributed by atoms with E-state index < -0.39 is 5.41 Å². The van der Waals surface area contributed by atoms with Gasteiger partial charge in [-0.05, 0) is 48.0 Å². The molecule has 1 atom stereocenters. The number of thiocarbonyl (C=S) groups is 1. The Morgan fingerprint density at radius 2 is 2.18 bits per heavy atom. The van der Waals surface area contributed by atoms with Gasteiger partial charge < -0.3 is 10.2 Å². The summed E-state index contributed by atoms with van der Waals surface area (Å²) in [4.78, 5) is 0. The van der Waals surface area contributed by atoms with Gasteiger partial charge in [-0.15, -0.1) is 0 Å². The van der Waals surface area contributed by atoms with Crippen molar-refractivity contribution in [3.63, 3.8) is 0 Å². The van der Waals surface area contributed by atoms with Crippen LogP contribution in [0.1, 0.15) is 25.8 Å². The molecule has 0 aliphatic rings. The lowest BCUT2D eigenvalue weighted by Crippen LogP contribution is -2.30. The van der Waals surface area contributed by atoms with Crippen molar-refractivity contribution in [1.29, 1.82) is 0 Å². The molecule has 0 aliphatic heterocycles. The molecule has 0 spiro atoms. The third-order valence-electron chi connectivity index (χ3n) is 3.14. The molecule has 0 saturated heterocycles. The van der Waals surface area contributed by atoms with Crippen molar-refractivity contribution in [3.05, 3.63) is 17.7 Å². The lowest BCUT2D eigenvalue weighted by atomic mass is 9.79. The van der Waals surface area contributed by atoms with Crippen LogP contribution in [0.25, 0.3) is 11.0 Å². The average molecular weight is 252 g/mol. The zero-order valence-electron chi connectivity index (χ0n) is 9.47. The number of benzene rings is 1. The highest BCUT2D eigenvalue weighted by Crippen LogP contribution is 2.38. The number of aromatic nitrogens is 2. The fourth-order valence-electron chi connectivity index (χ4n) is 1.82. The number of rotatable bonds is 3. The molecule has 0 bridgehead atoms. The molecule has 0 saturated carbocycles. The zero-order valence-corrected chi connectivity index (χ0v) is 10.3. The number of aliphatic hydroxyl groups excluding tert-OH is 1. The first-order valence-corrected chi connectivity index (χ1v) is 5.59. The van der Waals surface area contributed by atoms with Crippen LogP contribution in [0.3, 0.4) is 0 Å². The topological polar surface area (TPSA) is 79.4 Å². The molecule has 17 heavy (non-hydrogen) atoms. The van der Waals surface area contributed by atoms with Crippen LogP contribution in [0.4, 0.5) is 0 Å². The van der Waals surface area contributed by atoms with E-state index in [1.54, 1.807) is 13.0 Å². The second kappa shape index (κ2) is 3.96. The van der Waals surface area contributed by atoms with E-state index in [0.29, 0.717) is 23.0 Å². The SMILES string of the molecule is CCC(C)(C(O)=S)c1c(O)ccc2nonc12. The molecule has 0 fully saturated rings. The van der Waals surface area contributed by atoms with Gasteiger partial charge >= 0.3 is 0 Å². The van der Waals surface area contributed by atoms with Crippen molar-refractivity contribution in [2.24, 2.45) is 0 Å². The molecule has 1 aromatic carbocycles. The summed E-state index contributed by atoms with van der Waals surface area (Å²) in [6, 6.07) is 3.09. The lowest BCUT2D eigenvalue weighted by molar-refractivity contribution is 0.314. The largest absolute Gasteiger partial charge is 0.508 e. The Kier molecular flexibility index (Phi) is 2.74. The molecular weight excluding hydrogens is 240 g/mol. The summed E-state index contributed by atoms with van der Waals surface area (Å²) in [7, 11) is 0. The van der Waals surface area contributed by atoms with Crippen molar-refractivity contribution in [2.75, 3.05) is 0 Å². The molecule has 0 aliphatic carbocycles. The van der Waals surface area contributed by atoms with Gasteiger partial charge in [-0.25, -0.2) is 4.63 Å². The minimum absolute atomic E-state index is 0.0222. The molecule has 2 N–H and O–H groups in total. The first kappa shape index (κ1) is 11.8. The smallest absolute Gasteiger partial charge is 0.167 e. The van der Waals surface area contributed by atoms with Gasteiger partial charge in [0.1, 0.15) is 16.8 Å². The molecule has 1 aromatic heterocycles. The van der Waals surface area contributed by atoms with Crippen molar-refractivity contribution in [3.8, 4) is 5.75 Å².